The Kier molecular flexibility index (Phi) is 3.24. The van der Waals surface area contributed by atoms with Gasteiger partial charge in [-0.05, 0) is 28.1 Å². The Morgan fingerprint density at radius 1 is 1.14 bits per heavy atom. The second-order valence-corrected chi connectivity index (χ2v) is 6.79. The van der Waals surface area contributed by atoms with Gasteiger partial charge in [0.25, 0.3) is 0 Å². The van der Waals surface area contributed by atoms with Crippen molar-refractivity contribution in [3.8, 4) is 11.6 Å². The van der Waals surface area contributed by atoms with E-state index >= 15 is 0 Å². The summed E-state index contributed by atoms with van der Waals surface area (Å²) in [4.78, 5) is 8.98. The highest BCUT2D eigenvalue weighted by molar-refractivity contribution is 9.10. The summed E-state index contributed by atoms with van der Waals surface area (Å²) in [6.07, 6.45) is 0. The number of rotatable bonds is 1. The van der Waals surface area contributed by atoms with E-state index in [0.29, 0.717) is 17.4 Å². The fraction of sp³-hybridized carbons (Fsp3) is 0.250. The molecule has 2 N–H and O–H groups in total. The van der Waals surface area contributed by atoms with Gasteiger partial charge in [0.2, 0.25) is 0 Å². The number of furan rings is 1. The molecular weight excluding hydrogens is 330 g/mol. The van der Waals surface area contributed by atoms with Gasteiger partial charge in [0.15, 0.2) is 11.6 Å². The molecule has 0 saturated carbocycles. The van der Waals surface area contributed by atoms with Crippen LogP contribution >= 0.6 is 15.9 Å². The van der Waals surface area contributed by atoms with Gasteiger partial charge in [-0.2, -0.15) is 0 Å². The molecule has 0 spiro atoms. The zero-order valence-electron chi connectivity index (χ0n) is 12.1. The van der Waals surface area contributed by atoms with Gasteiger partial charge in [-0.1, -0.05) is 39.0 Å². The maximum Gasteiger partial charge on any atom is 0.197 e. The maximum atomic E-state index is 6.01. The summed E-state index contributed by atoms with van der Waals surface area (Å²) < 4.78 is 6.57. The number of aromatic nitrogens is 2. The van der Waals surface area contributed by atoms with Crippen molar-refractivity contribution in [2.45, 2.75) is 26.2 Å². The van der Waals surface area contributed by atoms with Crippen LogP contribution in [-0.4, -0.2) is 9.97 Å². The van der Waals surface area contributed by atoms with Gasteiger partial charge in [0.05, 0.1) is 10.2 Å². The van der Waals surface area contributed by atoms with Crippen molar-refractivity contribution >= 4 is 32.7 Å². The Labute approximate surface area is 131 Å². The first-order valence-corrected chi connectivity index (χ1v) is 7.48. The highest BCUT2D eigenvalue weighted by Crippen LogP contribution is 2.34. The SMILES string of the molecule is CC(C)(C)c1nc(-c2cc3ccccc3o2)nc(N)c1Br. The summed E-state index contributed by atoms with van der Waals surface area (Å²) in [6, 6.07) is 9.76. The van der Waals surface area contributed by atoms with E-state index in [1.165, 1.54) is 0 Å². The Hall–Kier alpha value is -1.88. The number of hydrogen-bond donors (Lipinski definition) is 1. The van der Waals surface area contributed by atoms with Crippen LogP contribution in [-0.2, 0) is 5.41 Å². The lowest BCUT2D eigenvalue weighted by atomic mass is 9.92. The van der Waals surface area contributed by atoms with Crippen molar-refractivity contribution in [1.29, 1.82) is 0 Å². The fourth-order valence-corrected chi connectivity index (χ4v) is 2.94. The Morgan fingerprint density at radius 3 is 2.52 bits per heavy atom. The van der Waals surface area contributed by atoms with Gasteiger partial charge in [0, 0.05) is 10.8 Å². The van der Waals surface area contributed by atoms with Gasteiger partial charge in [0.1, 0.15) is 11.4 Å². The Bertz CT molecular complexity index is 785. The molecule has 5 heteroatoms. The molecule has 0 amide bonds. The minimum absolute atomic E-state index is 0.142. The summed E-state index contributed by atoms with van der Waals surface area (Å²) >= 11 is 3.48. The molecule has 4 nitrogen and oxygen atoms in total. The number of nitrogens with zero attached hydrogens (tertiary/aromatic N) is 2. The lowest BCUT2D eigenvalue weighted by molar-refractivity contribution is 0.561. The van der Waals surface area contributed by atoms with Crippen molar-refractivity contribution < 1.29 is 4.42 Å². The lowest BCUT2D eigenvalue weighted by Crippen LogP contribution is -2.17. The molecule has 0 radical (unpaired) electrons. The van der Waals surface area contributed by atoms with Crippen molar-refractivity contribution in [3.05, 3.63) is 40.5 Å². The number of nitrogen functional groups attached to an aromatic ring is 1. The predicted molar refractivity (Wildman–Crippen MR) is 88.1 cm³/mol. The Balaban J connectivity index is 2.20. The van der Waals surface area contributed by atoms with Crippen LogP contribution in [0.2, 0.25) is 0 Å². The third-order valence-electron chi connectivity index (χ3n) is 3.23. The van der Waals surface area contributed by atoms with E-state index in [1.54, 1.807) is 0 Å². The van der Waals surface area contributed by atoms with Crippen LogP contribution in [0.15, 0.2) is 39.2 Å². The highest BCUT2D eigenvalue weighted by Gasteiger charge is 2.23. The van der Waals surface area contributed by atoms with Crippen LogP contribution in [0.3, 0.4) is 0 Å². The van der Waals surface area contributed by atoms with Crippen LogP contribution in [0.25, 0.3) is 22.6 Å². The molecule has 0 atom stereocenters. The van der Waals surface area contributed by atoms with Gasteiger partial charge < -0.3 is 10.2 Å². The summed E-state index contributed by atoms with van der Waals surface area (Å²) in [7, 11) is 0. The molecule has 2 heterocycles. The minimum Gasteiger partial charge on any atom is -0.453 e. The van der Waals surface area contributed by atoms with Gasteiger partial charge >= 0.3 is 0 Å². The van der Waals surface area contributed by atoms with Crippen molar-refractivity contribution in [3.63, 3.8) is 0 Å². The number of anilines is 1. The normalized spacial score (nSPS) is 12.0. The van der Waals surface area contributed by atoms with E-state index in [-0.39, 0.29) is 5.41 Å². The number of fused-ring (bicyclic) bond motifs is 1. The molecule has 21 heavy (non-hydrogen) atoms. The molecule has 0 unspecified atom stereocenters. The first-order valence-electron chi connectivity index (χ1n) is 6.69. The predicted octanol–water partition coefficient (Wildman–Crippen LogP) is 4.53. The number of para-hydroxylation sites is 1. The molecule has 2 aromatic heterocycles. The molecule has 0 bridgehead atoms. The van der Waals surface area contributed by atoms with E-state index in [4.69, 9.17) is 10.2 Å². The van der Waals surface area contributed by atoms with Gasteiger partial charge in [-0.15, -0.1) is 0 Å². The van der Waals surface area contributed by atoms with Crippen molar-refractivity contribution in [1.82, 2.24) is 9.97 Å². The molecule has 3 aromatic rings. The Morgan fingerprint density at radius 2 is 1.86 bits per heavy atom. The summed E-state index contributed by atoms with van der Waals surface area (Å²) in [5.74, 6) is 1.56. The quantitative estimate of drug-likeness (QED) is 0.703. The standard InChI is InChI=1S/C16H16BrN3O/c1-16(2,3)13-12(17)14(18)20-15(19-13)11-8-9-6-4-5-7-10(9)21-11/h4-8H,1-3H3,(H2,18,19,20). The van der Waals surface area contributed by atoms with E-state index < -0.39 is 0 Å². The molecule has 3 rings (SSSR count). The third-order valence-corrected chi connectivity index (χ3v) is 4.01. The molecule has 0 saturated heterocycles. The lowest BCUT2D eigenvalue weighted by Gasteiger charge is -2.20. The summed E-state index contributed by atoms with van der Waals surface area (Å²) in [5.41, 5.74) is 7.55. The third kappa shape index (κ3) is 2.53. The van der Waals surface area contributed by atoms with E-state index in [1.807, 2.05) is 30.3 Å². The molecule has 108 valence electrons. The van der Waals surface area contributed by atoms with Crippen LogP contribution in [0, 0.1) is 0 Å². The van der Waals surface area contributed by atoms with Crippen LogP contribution < -0.4 is 5.73 Å². The summed E-state index contributed by atoms with van der Waals surface area (Å²) in [6.45, 7) is 6.26. The van der Waals surface area contributed by atoms with Crippen molar-refractivity contribution in [2.24, 2.45) is 0 Å². The number of nitrogens with two attached hydrogens (primary N) is 1. The second-order valence-electron chi connectivity index (χ2n) is 5.99. The largest absolute Gasteiger partial charge is 0.453 e. The van der Waals surface area contributed by atoms with E-state index in [0.717, 1.165) is 21.1 Å². The first kappa shape index (κ1) is 14.1. The zero-order valence-corrected chi connectivity index (χ0v) is 13.7. The van der Waals surface area contributed by atoms with E-state index in [2.05, 4.69) is 46.7 Å². The number of benzene rings is 1. The molecule has 0 aliphatic heterocycles. The zero-order chi connectivity index (χ0) is 15.2. The van der Waals surface area contributed by atoms with Crippen molar-refractivity contribution in [2.75, 3.05) is 5.73 Å². The van der Waals surface area contributed by atoms with Gasteiger partial charge in [-0.3, -0.25) is 0 Å². The monoisotopic (exact) mass is 345 g/mol. The molecule has 1 aromatic carbocycles. The maximum absolute atomic E-state index is 6.01. The molecular formula is C16H16BrN3O. The molecule has 0 aliphatic carbocycles. The minimum atomic E-state index is -0.142. The second kappa shape index (κ2) is 4.84. The van der Waals surface area contributed by atoms with Gasteiger partial charge in [-0.25, -0.2) is 9.97 Å². The van der Waals surface area contributed by atoms with Crippen LogP contribution in [0.5, 0.6) is 0 Å². The summed E-state index contributed by atoms with van der Waals surface area (Å²) in [5, 5.41) is 1.02. The highest BCUT2D eigenvalue weighted by atomic mass is 79.9. The topological polar surface area (TPSA) is 64.9 Å². The first-order chi connectivity index (χ1) is 9.86. The molecule has 0 fully saturated rings. The number of hydrogen-bond acceptors (Lipinski definition) is 4. The fourth-order valence-electron chi connectivity index (χ4n) is 2.16. The smallest absolute Gasteiger partial charge is 0.197 e. The van der Waals surface area contributed by atoms with E-state index in [9.17, 15) is 0 Å². The van der Waals surface area contributed by atoms with Crippen LogP contribution in [0.1, 0.15) is 26.5 Å². The van der Waals surface area contributed by atoms with Crippen LogP contribution in [0.4, 0.5) is 5.82 Å². The average Bonchev–Trinajstić information content (AvgIpc) is 2.84. The number of halogens is 1. The average molecular weight is 346 g/mol. The molecule has 0 aliphatic rings.